The molecular weight excluding hydrogens is 385 g/mol. The Kier molecular flexibility index (Phi) is 5.61. The lowest BCUT2D eigenvalue weighted by molar-refractivity contribution is 0.396. The summed E-state index contributed by atoms with van der Waals surface area (Å²) in [6, 6.07) is 13.6. The standard InChI is InChI=1S/C27H28FN3/c28-23-10-11-26-24(19-23)25(20-29-26)21-12-17-30(18-13-21)14-4-1-5-15-31-16-6-8-22-7-2-3-9-27(22)31/h2-3,6-7,9-13,16-17,19-20,29H,1,4-5,8,14-15,18H2. The topological polar surface area (TPSA) is 22.3 Å². The Bertz CT molecular complexity index is 1150. The van der Waals surface area contributed by atoms with Crippen LogP contribution in [0.1, 0.15) is 30.4 Å². The molecule has 0 bridgehead atoms. The molecule has 5 rings (SSSR count). The van der Waals surface area contributed by atoms with Crippen molar-refractivity contribution >= 4 is 22.2 Å². The molecule has 0 aliphatic carbocycles. The van der Waals surface area contributed by atoms with E-state index in [1.807, 2.05) is 6.20 Å². The summed E-state index contributed by atoms with van der Waals surface area (Å²) in [7, 11) is 0. The number of anilines is 1. The van der Waals surface area contributed by atoms with Crippen molar-refractivity contribution in [3.63, 3.8) is 0 Å². The van der Waals surface area contributed by atoms with Crippen LogP contribution in [-0.2, 0) is 6.42 Å². The number of H-pyrrole nitrogens is 1. The van der Waals surface area contributed by atoms with E-state index in [0.29, 0.717) is 0 Å². The third-order valence-electron chi connectivity index (χ3n) is 6.23. The van der Waals surface area contributed by atoms with Crippen molar-refractivity contribution in [1.82, 2.24) is 9.88 Å². The zero-order valence-corrected chi connectivity index (χ0v) is 17.7. The van der Waals surface area contributed by atoms with Gasteiger partial charge in [-0.25, -0.2) is 4.39 Å². The van der Waals surface area contributed by atoms with Gasteiger partial charge in [-0.1, -0.05) is 30.4 Å². The molecule has 1 aromatic heterocycles. The van der Waals surface area contributed by atoms with Gasteiger partial charge >= 0.3 is 0 Å². The van der Waals surface area contributed by atoms with Crippen molar-refractivity contribution in [3.05, 3.63) is 96.2 Å². The molecule has 31 heavy (non-hydrogen) atoms. The van der Waals surface area contributed by atoms with Crippen LogP contribution >= 0.6 is 0 Å². The molecule has 0 radical (unpaired) electrons. The Morgan fingerprint density at radius 3 is 2.77 bits per heavy atom. The maximum atomic E-state index is 13.7. The van der Waals surface area contributed by atoms with E-state index in [-0.39, 0.29) is 5.82 Å². The van der Waals surface area contributed by atoms with E-state index in [0.717, 1.165) is 48.1 Å². The maximum Gasteiger partial charge on any atom is 0.123 e. The molecule has 158 valence electrons. The average Bonchev–Trinajstić information content (AvgIpc) is 3.22. The van der Waals surface area contributed by atoms with Crippen LogP contribution in [0, 0.1) is 5.82 Å². The number of hydrogen-bond acceptors (Lipinski definition) is 2. The van der Waals surface area contributed by atoms with Gasteiger partial charge in [-0.2, -0.15) is 0 Å². The summed E-state index contributed by atoms with van der Waals surface area (Å²) in [6.45, 7) is 3.04. The third-order valence-corrected chi connectivity index (χ3v) is 6.23. The lowest BCUT2D eigenvalue weighted by Gasteiger charge is -2.27. The molecule has 1 N–H and O–H groups in total. The Labute approximate surface area is 183 Å². The van der Waals surface area contributed by atoms with Gasteiger partial charge in [0.25, 0.3) is 0 Å². The minimum absolute atomic E-state index is 0.195. The number of aromatic nitrogens is 1. The van der Waals surface area contributed by atoms with Gasteiger partial charge in [-0.05, 0) is 73.4 Å². The normalized spacial score (nSPS) is 15.5. The predicted molar refractivity (Wildman–Crippen MR) is 127 cm³/mol. The van der Waals surface area contributed by atoms with Gasteiger partial charge in [-0.3, -0.25) is 0 Å². The van der Waals surface area contributed by atoms with E-state index in [1.54, 1.807) is 12.1 Å². The number of nitrogens with zero attached hydrogens (tertiary/aromatic N) is 2. The summed E-state index contributed by atoms with van der Waals surface area (Å²) in [5.74, 6) is -0.195. The highest BCUT2D eigenvalue weighted by atomic mass is 19.1. The van der Waals surface area contributed by atoms with Crippen LogP contribution in [0.15, 0.2) is 79.3 Å². The van der Waals surface area contributed by atoms with E-state index in [1.165, 1.54) is 36.6 Å². The fourth-order valence-corrected chi connectivity index (χ4v) is 4.55. The third kappa shape index (κ3) is 4.29. The minimum Gasteiger partial charge on any atom is -0.374 e. The van der Waals surface area contributed by atoms with Crippen LogP contribution in [-0.4, -0.2) is 29.5 Å². The summed E-state index contributed by atoms with van der Waals surface area (Å²) in [5.41, 5.74) is 5.98. The van der Waals surface area contributed by atoms with Crippen LogP contribution in [0.5, 0.6) is 0 Å². The summed E-state index contributed by atoms with van der Waals surface area (Å²) >= 11 is 0. The highest BCUT2D eigenvalue weighted by Gasteiger charge is 2.13. The molecule has 0 atom stereocenters. The van der Waals surface area contributed by atoms with E-state index in [9.17, 15) is 4.39 Å². The second-order valence-corrected chi connectivity index (χ2v) is 8.33. The highest BCUT2D eigenvalue weighted by Crippen LogP contribution is 2.28. The summed E-state index contributed by atoms with van der Waals surface area (Å²) < 4.78 is 13.7. The van der Waals surface area contributed by atoms with Gasteiger partial charge in [0.15, 0.2) is 0 Å². The lowest BCUT2D eigenvalue weighted by Crippen LogP contribution is -2.23. The number of hydrogen-bond donors (Lipinski definition) is 1. The number of rotatable bonds is 7. The molecule has 3 heterocycles. The largest absolute Gasteiger partial charge is 0.374 e. The molecule has 0 saturated heterocycles. The fraction of sp³-hybridized carbons (Fsp3) is 0.259. The van der Waals surface area contributed by atoms with Crippen molar-refractivity contribution in [3.8, 4) is 0 Å². The quantitative estimate of drug-likeness (QED) is 0.462. The number of fused-ring (bicyclic) bond motifs is 2. The molecule has 2 aliphatic rings. The zero-order chi connectivity index (χ0) is 21.0. The Hall–Kier alpha value is -3.27. The molecule has 0 spiro atoms. The summed E-state index contributed by atoms with van der Waals surface area (Å²) in [5, 5.41) is 0.942. The Morgan fingerprint density at radius 2 is 1.87 bits per heavy atom. The van der Waals surface area contributed by atoms with Gasteiger partial charge < -0.3 is 14.8 Å². The van der Waals surface area contributed by atoms with Crippen molar-refractivity contribution in [2.75, 3.05) is 24.5 Å². The van der Waals surface area contributed by atoms with Crippen LogP contribution in [0.25, 0.3) is 16.5 Å². The van der Waals surface area contributed by atoms with Gasteiger partial charge in [0, 0.05) is 54.2 Å². The Morgan fingerprint density at radius 1 is 0.968 bits per heavy atom. The SMILES string of the molecule is Fc1ccc2[nH]cc(C3=CCN(CCCCCN4C=CCc5ccccc54)C=C3)c2c1. The van der Waals surface area contributed by atoms with Crippen molar-refractivity contribution < 1.29 is 4.39 Å². The van der Waals surface area contributed by atoms with Gasteiger partial charge in [-0.15, -0.1) is 0 Å². The monoisotopic (exact) mass is 413 g/mol. The maximum absolute atomic E-state index is 13.7. The number of halogens is 1. The molecule has 2 aromatic carbocycles. The van der Waals surface area contributed by atoms with Crippen LogP contribution in [0.4, 0.5) is 10.1 Å². The second kappa shape index (κ2) is 8.84. The number of unbranched alkanes of at least 4 members (excludes halogenated alkanes) is 2. The number of allylic oxidation sites excluding steroid dienone is 3. The molecule has 4 heteroatoms. The second-order valence-electron chi connectivity index (χ2n) is 8.33. The van der Waals surface area contributed by atoms with Gasteiger partial charge in [0.05, 0.1) is 0 Å². The first-order valence-electron chi connectivity index (χ1n) is 11.2. The highest BCUT2D eigenvalue weighted by molar-refractivity contribution is 5.95. The number of aromatic amines is 1. The first-order valence-corrected chi connectivity index (χ1v) is 11.2. The molecule has 0 unspecified atom stereocenters. The van der Waals surface area contributed by atoms with Gasteiger partial charge in [0.2, 0.25) is 0 Å². The predicted octanol–water partition coefficient (Wildman–Crippen LogP) is 6.27. The molecule has 3 nitrogen and oxygen atoms in total. The van der Waals surface area contributed by atoms with E-state index < -0.39 is 0 Å². The molecule has 0 fully saturated rings. The first-order chi connectivity index (χ1) is 15.3. The van der Waals surface area contributed by atoms with Crippen molar-refractivity contribution in [2.24, 2.45) is 0 Å². The molecule has 3 aromatic rings. The smallest absolute Gasteiger partial charge is 0.123 e. The lowest BCUT2D eigenvalue weighted by atomic mass is 10.0. The van der Waals surface area contributed by atoms with E-state index >= 15 is 0 Å². The Balaban J connectivity index is 1.09. The van der Waals surface area contributed by atoms with Crippen LogP contribution < -0.4 is 4.90 Å². The van der Waals surface area contributed by atoms with Crippen molar-refractivity contribution in [1.29, 1.82) is 0 Å². The first kappa shape index (κ1) is 19.7. The molecule has 0 amide bonds. The summed E-state index contributed by atoms with van der Waals surface area (Å²) in [4.78, 5) is 7.99. The molecule has 0 saturated carbocycles. The average molecular weight is 414 g/mol. The van der Waals surface area contributed by atoms with E-state index in [4.69, 9.17) is 0 Å². The fourth-order valence-electron chi connectivity index (χ4n) is 4.55. The zero-order valence-electron chi connectivity index (χ0n) is 17.7. The molecule has 2 aliphatic heterocycles. The van der Waals surface area contributed by atoms with E-state index in [2.05, 4.69) is 69.7 Å². The number of nitrogens with one attached hydrogen (secondary N) is 1. The number of benzene rings is 2. The molecular formula is C27H28FN3. The van der Waals surface area contributed by atoms with Gasteiger partial charge in [0.1, 0.15) is 5.82 Å². The van der Waals surface area contributed by atoms with Crippen LogP contribution in [0.2, 0.25) is 0 Å². The minimum atomic E-state index is -0.195. The number of para-hydroxylation sites is 1. The van der Waals surface area contributed by atoms with Crippen molar-refractivity contribution in [2.45, 2.75) is 25.7 Å². The van der Waals surface area contributed by atoms with Crippen LogP contribution in [0.3, 0.4) is 0 Å². The summed E-state index contributed by atoms with van der Waals surface area (Å²) in [6.07, 6.45) is 17.7.